The third-order valence-corrected chi connectivity index (χ3v) is 4.73. The van der Waals surface area contributed by atoms with Gasteiger partial charge in [-0.1, -0.05) is 18.2 Å². The molecule has 3 rings (SSSR count). The maximum absolute atomic E-state index is 12.3. The lowest BCUT2D eigenvalue weighted by Gasteiger charge is -2.31. The second-order valence-electron chi connectivity index (χ2n) is 7.33. The Hall–Kier alpha value is -2.08. The molecule has 1 amide bonds. The van der Waals surface area contributed by atoms with Gasteiger partial charge in [0.15, 0.2) is 0 Å². The highest BCUT2D eigenvalue weighted by Crippen LogP contribution is 2.41. The van der Waals surface area contributed by atoms with E-state index in [-0.39, 0.29) is 12.0 Å². The topological polar surface area (TPSA) is 51.7 Å². The Morgan fingerprint density at radius 1 is 1.44 bits per heavy atom. The Morgan fingerprint density at radius 2 is 2.24 bits per heavy atom. The molecule has 2 heterocycles. The molecular weight excluding hydrogens is 336 g/mol. The SMILES string of the molecule is CN(C[C@@H]1CCOc2c(-c3cnsc3)cccc21)C(=O)OC(C)(C)C. The van der Waals surface area contributed by atoms with Crippen molar-refractivity contribution in [2.24, 2.45) is 0 Å². The van der Waals surface area contributed by atoms with Gasteiger partial charge >= 0.3 is 6.09 Å². The van der Waals surface area contributed by atoms with E-state index in [0.717, 1.165) is 28.9 Å². The largest absolute Gasteiger partial charge is 0.493 e. The van der Waals surface area contributed by atoms with E-state index in [2.05, 4.69) is 16.5 Å². The number of benzene rings is 1. The predicted octanol–water partition coefficient (Wildman–Crippen LogP) is 4.54. The molecule has 2 aromatic rings. The predicted molar refractivity (Wildman–Crippen MR) is 99.3 cm³/mol. The van der Waals surface area contributed by atoms with E-state index in [0.29, 0.717) is 13.2 Å². The van der Waals surface area contributed by atoms with E-state index >= 15 is 0 Å². The van der Waals surface area contributed by atoms with Crippen molar-refractivity contribution >= 4 is 17.6 Å². The van der Waals surface area contributed by atoms with Gasteiger partial charge in [-0.15, -0.1) is 0 Å². The number of ether oxygens (including phenoxy) is 2. The van der Waals surface area contributed by atoms with Crippen LogP contribution < -0.4 is 4.74 Å². The molecule has 6 heteroatoms. The normalized spacial score (nSPS) is 16.7. The first-order valence-electron chi connectivity index (χ1n) is 8.45. The minimum atomic E-state index is -0.488. The van der Waals surface area contributed by atoms with Gasteiger partial charge in [-0.3, -0.25) is 0 Å². The Bertz CT molecular complexity index is 738. The molecule has 1 atom stereocenters. The summed E-state index contributed by atoms with van der Waals surface area (Å²) in [7, 11) is 1.79. The number of carbonyl (C=O) groups is 1. The van der Waals surface area contributed by atoms with Gasteiger partial charge in [0.25, 0.3) is 0 Å². The van der Waals surface area contributed by atoms with Crippen molar-refractivity contribution < 1.29 is 14.3 Å². The molecule has 0 fully saturated rings. The molecule has 0 radical (unpaired) electrons. The fraction of sp³-hybridized carbons (Fsp3) is 0.474. The Morgan fingerprint density at radius 3 is 2.92 bits per heavy atom. The number of fused-ring (bicyclic) bond motifs is 1. The number of rotatable bonds is 3. The van der Waals surface area contributed by atoms with Gasteiger partial charge in [-0.2, -0.15) is 0 Å². The van der Waals surface area contributed by atoms with Crippen molar-refractivity contribution in [2.45, 2.75) is 38.7 Å². The van der Waals surface area contributed by atoms with Crippen LogP contribution in [-0.4, -0.2) is 41.2 Å². The molecule has 1 aliphatic rings. The van der Waals surface area contributed by atoms with Crippen LogP contribution in [0.15, 0.2) is 29.8 Å². The highest BCUT2D eigenvalue weighted by Gasteiger charge is 2.28. The van der Waals surface area contributed by atoms with Crippen molar-refractivity contribution in [3.8, 4) is 16.9 Å². The Kier molecular flexibility index (Phi) is 4.99. The summed E-state index contributed by atoms with van der Waals surface area (Å²) < 4.78 is 15.6. The Balaban J connectivity index is 1.80. The highest BCUT2D eigenvalue weighted by molar-refractivity contribution is 7.03. The van der Waals surface area contributed by atoms with E-state index in [9.17, 15) is 4.79 Å². The third-order valence-electron chi connectivity index (χ3n) is 4.14. The van der Waals surface area contributed by atoms with Gasteiger partial charge in [-0.05, 0) is 44.3 Å². The minimum Gasteiger partial charge on any atom is -0.493 e. The van der Waals surface area contributed by atoms with Crippen LogP contribution in [0.2, 0.25) is 0 Å². The van der Waals surface area contributed by atoms with Crippen molar-refractivity contribution in [3.63, 3.8) is 0 Å². The van der Waals surface area contributed by atoms with Gasteiger partial charge in [0, 0.05) is 42.2 Å². The zero-order valence-electron chi connectivity index (χ0n) is 15.1. The van der Waals surface area contributed by atoms with Crippen molar-refractivity contribution in [1.29, 1.82) is 0 Å². The third kappa shape index (κ3) is 4.12. The quantitative estimate of drug-likeness (QED) is 0.806. The maximum Gasteiger partial charge on any atom is 0.410 e. The van der Waals surface area contributed by atoms with Crippen LogP contribution in [-0.2, 0) is 4.74 Å². The first-order valence-corrected chi connectivity index (χ1v) is 9.28. The summed E-state index contributed by atoms with van der Waals surface area (Å²) in [6.45, 7) is 6.89. The molecule has 0 saturated heterocycles. The van der Waals surface area contributed by atoms with E-state index in [1.165, 1.54) is 11.5 Å². The molecule has 25 heavy (non-hydrogen) atoms. The standard InChI is InChI=1S/C19H24N2O3S/c1-19(2,3)24-18(22)21(4)11-13-8-9-23-17-15(13)6-5-7-16(17)14-10-20-25-12-14/h5-7,10,12-13H,8-9,11H2,1-4H3/t13-/m0/s1. The van der Waals surface area contributed by atoms with Gasteiger partial charge in [0.05, 0.1) is 6.61 Å². The summed E-state index contributed by atoms with van der Waals surface area (Å²) in [5.74, 6) is 1.14. The van der Waals surface area contributed by atoms with Crippen LogP contribution in [0.4, 0.5) is 4.79 Å². The van der Waals surface area contributed by atoms with Crippen molar-refractivity contribution in [1.82, 2.24) is 9.27 Å². The molecule has 0 aliphatic carbocycles. The molecule has 0 spiro atoms. The molecule has 0 unspecified atom stereocenters. The number of hydrogen-bond donors (Lipinski definition) is 0. The molecular formula is C19H24N2O3S. The van der Waals surface area contributed by atoms with Crippen LogP contribution in [0.5, 0.6) is 5.75 Å². The zero-order valence-corrected chi connectivity index (χ0v) is 15.9. The lowest BCUT2D eigenvalue weighted by atomic mass is 9.90. The summed E-state index contributed by atoms with van der Waals surface area (Å²) >= 11 is 1.43. The summed E-state index contributed by atoms with van der Waals surface area (Å²) in [4.78, 5) is 13.9. The fourth-order valence-corrected chi connectivity index (χ4v) is 3.53. The van der Waals surface area contributed by atoms with Gasteiger partial charge in [0.2, 0.25) is 0 Å². The lowest BCUT2D eigenvalue weighted by molar-refractivity contribution is 0.0281. The number of aromatic nitrogens is 1. The van der Waals surface area contributed by atoms with Crippen molar-refractivity contribution in [3.05, 3.63) is 35.3 Å². The van der Waals surface area contributed by atoms with Crippen LogP contribution in [0, 0.1) is 0 Å². The monoisotopic (exact) mass is 360 g/mol. The average molecular weight is 360 g/mol. The van der Waals surface area contributed by atoms with Crippen molar-refractivity contribution in [2.75, 3.05) is 20.2 Å². The molecule has 0 N–H and O–H groups in total. The van der Waals surface area contributed by atoms with Crippen LogP contribution in [0.3, 0.4) is 0 Å². The van der Waals surface area contributed by atoms with Crippen LogP contribution >= 0.6 is 11.5 Å². The molecule has 1 aliphatic heterocycles. The number of amides is 1. The highest BCUT2D eigenvalue weighted by atomic mass is 32.1. The number of para-hydroxylation sites is 1. The molecule has 0 saturated carbocycles. The van der Waals surface area contributed by atoms with Gasteiger partial charge in [0.1, 0.15) is 11.4 Å². The average Bonchev–Trinajstić information content (AvgIpc) is 3.07. The van der Waals surface area contributed by atoms with Crippen LogP contribution in [0.25, 0.3) is 11.1 Å². The maximum atomic E-state index is 12.3. The molecule has 5 nitrogen and oxygen atoms in total. The Labute approximate surface area is 152 Å². The summed E-state index contributed by atoms with van der Waals surface area (Å²) in [6, 6.07) is 6.19. The first-order chi connectivity index (χ1) is 11.8. The van der Waals surface area contributed by atoms with Gasteiger partial charge < -0.3 is 14.4 Å². The molecule has 1 aromatic carbocycles. The minimum absolute atomic E-state index is 0.229. The lowest BCUT2D eigenvalue weighted by Crippen LogP contribution is -2.37. The second kappa shape index (κ2) is 7.04. The number of nitrogens with zero attached hydrogens (tertiary/aromatic N) is 2. The number of hydrogen-bond acceptors (Lipinski definition) is 5. The van der Waals surface area contributed by atoms with E-state index < -0.39 is 5.60 Å². The smallest absolute Gasteiger partial charge is 0.410 e. The van der Waals surface area contributed by atoms with Crippen LogP contribution in [0.1, 0.15) is 38.7 Å². The molecule has 134 valence electrons. The number of likely N-dealkylation sites (N-methyl/N-ethyl adjacent to an activating group) is 1. The first kappa shape index (κ1) is 17.7. The zero-order chi connectivity index (χ0) is 18.0. The molecule has 1 aromatic heterocycles. The van der Waals surface area contributed by atoms with E-state index in [1.54, 1.807) is 11.9 Å². The van der Waals surface area contributed by atoms with Gasteiger partial charge in [-0.25, -0.2) is 9.17 Å². The molecule has 0 bridgehead atoms. The second-order valence-corrected chi connectivity index (χ2v) is 7.99. The summed E-state index contributed by atoms with van der Waals surface area (Å²) in [6.07, 6.45) is 2.45. The van der Waals surface area contributed by atoms with E-state index in [4.69, 9.17) is 9.47 Å². The summed E-state index contributed by atoms with van der Waals surface area (Å²) in [5.41, 5.74) is 2.79. The number of carbonyl (C=O) groups excluding carboxylic acids is 1. The summed E-state index contributed by atoms with van der Waals surface area (Å²) in [5, 5.41) is 2.02. The fourth-order valence-electron chi connectivity index (χ4n) is 3.00. The van der Waals surface area contributed by atoms with E-state index in [1.807, 2.05) is 38.4 Å².